The Kier molecular flexibility index (Phi) is 11.8. The molecule has 5 nitrogen and oxygen atoms in total. The number of aromatic nitrogens is 3. The molecule has 19 rings (SSSR count). The van der Waals surface area contributed by atoms with E-state index in [-0.39, 0.29) is 0 Å². The first kappa shape index (κ1) is 52.0. The van der Waals surface area contributed by atoms with Crippen molar-refractivity contribution < 1.29 is 0 Å². The Hall–Kier alpha value is -12.0. The highest BCUT2D eigenvalue weighted by molar-refractivity contribution is 7.26. The maximum absolute atomic E-state index is 2.52. The fourth-order valence-corrected chi connectivity index (χ4v) is 16.2. The van der Waals surface area contributed by atoms with E-state index in [0.717, 1.165) is 89.6 Å². The van der Waals surface area contributed by atoms with E-state index < -0.39 is 0 Å². The van der Waals surface area contributed by atoms with Gasteiger partial charge in [-0.3, -0.25) is 0 Å². The summed E-state index contributed by atoms with van der Waals surface area (Å²) in [5, 5.41) is 14.4. The lowest BCUT2D eigenvalue weighted by molar-refractivity contribution is 1.18. The summed E-state index contributed by atoms with van der Waals surface area (Å²) in [7, 11) is 0. The molecule has 19 aromatic rings. The molecule has 4 aromatic heterocycles. The second kappa shape index (κ2) is 20.8. The zero-order valence-corrected chi connectivity index (χ0v) is 50.7. The third kappa shape index (κ3) is 8.11. The largest absolute Gasteiger partial charge is 0.310 e. The minimum Gasteiger partial charge on any atom is -0.310 e. The Morgan fingerprint density at radius 2 is 0.641 bits per heavy atom. The van der Waals surface area contributed by atoms with Crippen LogP contribution in [0.5, 0.6) is 0 Å². The monoisotopic (exact) mass is 1190 g/mol. The van der Waals surface area contributed by atoms with Crippen molar-refractivity contribution in [1.82, 2.24) is 13.7 Å². The van der Waals surface area contributed by atoms with Crippen LogP contribution in [0, 0.1) is 0 Å². The minimum atomic E-state index is 1.02. The Balaban J connectivity index is 0.925. The number of para-hydroxylation sites is 5. The van der Waals surface area contributed by atoms with E-state index in [1.165, 1.54) is 79.8 Å². The van der Waals surface area contributed by atoms with E-state index in [4.69, 9.17) is 0 Å². The van der Waals surface area contributed by atoms with Crippen molar-refractivity contribution in [1.29, 1.82) is 0 Å². The lowest BCUT2D eigenvalue weighted by atomic mass is 9.98. The van der Waals surface area contributed by atoms with Crippen molar-refractivity contribution in [3.05, 3.63) is 334 Å². The molecule has 430 valence electrons. The number of nitrogens with zero attached hydrogens (tertiary/aromatic N) is 5. The lowest BCUT2D eigenvalue weighted by Crippen LogP contribution is -2.14. The number of thiophene rings is 1. The van der Waals surface area contributed by atoms with E-state index in [0.29, 0.717) is 0 Å². The molecule has 6 heteroatoms. The van der Waals surface area contributed by atoms with Crippen LogP contribution in [0.3, 0.4) is 0 Å². The highest BCUT2D eigenvalue weighted by atomic mass is 32.1. The zero-order valence-electron chi connectivity index (χ0n) is 49.9. The number of rotatable bonds is 10. The third-order valence-corrected chi connectivity index (χ3v) is 20.1. The standard InChI is InChI=1S/C86H55N5S/c1-4-26-60(27-5-1)89-78-37-17-14-34-69(78)73-54-63(43-47-80(73)89)87(76-39-20-24-56-22-10-12-32-67(56)76)65-50-59(58-42-46-82-75(52-58)85-83(91(82)62-30-8-3-9-31-62)49-45-72-71-36-16-19-41-84(71)92-86(72)85)51-66(53-65)88(77-40-21-25-57-23-11-13-33-68(57)77)64-44-48-81-74(55-64)70-35-15-18-38-79(70)90(81)61-28-6-2-7-29-61/h1-55H. The summed E-state index contributed by atoms with van der Waals surface area (Å²) in [6.45, 7) is 0. The van der Waals surface area contributed by atoms with Crippen molar-refractivity contribution >= 4 is 153 Å². The average Bonchev–Trinajstić information content (AvgIpc) is 1.61. The molecule has 0 bridgehead atoms. The van der Waals surface area contributed by atoms with Crippen molar-refractivity contribution in [2.45, 2.75) is 0 Å². The highest BCUT2D eigenvalue weighted by Crippen LogP contribution is 2.50. The van der Waals surface area contributed by atoms with Crippen LogP contribution >= 0.6 is 11.3 Å². The first-order valence-electron chi connectivity index (χ1n) is 31.5. The fourth-order valence-electron chi connectivity index (χ4n) is 14.9. The number of hydrogen-bond donors (Lipinski definition) is 0. The summed E-state index contributed by atoms with van der Waals surface area (Å²) in [5.74, 6) is 0. The van der Waals surface area contributed by atoms with E-state index in [2.05, 4.69) is 357 Å². The lowest BCUT2D eigenvalue weighted by Gasteiger charge is -2.31. The predicted molar refractivity (Wildman–Crippen MR) is 392 cm³/mol. The molecule has 0 unspecified atom stereocenters. The molecule has 92 heavy (non-hydrogen) atoms. The van der Waals surface area contributed by atoms with Gasteiger partial charge in [0.05, 0.1) is 44.5 Å². The summed E-state index contributed by atoms with van der Waals surface area (Å²) >= 11 is 1.89. The van der Waals surface area contributed by atoms with Crippen LogP contribution in [-0.2, 0) is 0 Å². The molecule has 0 aliphatic heterocycles. The molecular formula is C86H55N5S. The summed E-state index contributed by atoms with van der Waals surface area (Å²) in [6, 6.07) is 123. The van der Waals surface area contributed by atoms with Crippen molar-refractivity contribution in [2.24, 2.45) is 0 Å². The molecule has 0 spiro atoms. The molecule has 0 N–H and O–H groups in total. The van der Waals surface area contributed by atoms with Gasteiger partial charge in [0.15, 0.2) is 0 Å². The molecule has 0 amide bonds. The quantitative estimate of drug-likeness (QED) is 0.136. The van der Waals surface area contributed by atoms with Crippen LogP contribution in [-0.4, -0.2) is 13.7 Å². The third-order valence-electron chi connectivity index (χ3n) is 18.9. The summed E-state index contributed by atoms with van der Waals surface area (Å²) in [4.78, 5) is 5.03. The molecule has 0 aliphatic rings. The molecule has 0 radical (unpaired) electrons. The normalized spacial score (nSPS) is 11.9. The number of anilines is 6. The van der Waals surface area contributed by atoms with Crippen LogP contribution in [0.1, 0.15) is 0 Å². The molecule has 0 aliphatic carbocycles. The van der Waals surface area contributed by atoms with E-state index in [9.17, 15) is 0 Å². The SMILES string of the molecule is c1ccc(-n2c3ccccc3c3cc(N(c4cc(-c5ccc6c(c5)c5c7sc8ccccc8c7ccc5n6-c5ccccc5)cc(N(c5ccc6c(c5)c5ccccc5n6-c5ccccc5)c5cccc6ccccc56)c4)c4cccc5ccccc45)ccc32)cc1. The number of benzene rings is 15. The van der Waals surface area contributed by atoms with Crippen molar-refractivity contribution in [2.75, 3.05) is 9.80 Å². The van der Waals surface area contributed by atoms with Gasteiger partial charge in [-0.25, -0.2) is 0 Å². The maximum Gasteiger partial charge on any atom is 0.0555 e. The fraction of sp³-hybridized carbons (Fsp3) is 0. The number of hydrogen-bond acceptors (Lipinski definition) is 3. The molecule has 0 atom stereocenters. The van der Waals surface area contributed by atoms with Crippen molar-refractivity contribution in [3.63, 3.8) is 0 Å². The minimum absolute atomic E-state index is 1.02. The predicted octanol–water partition coefficient (Wildman–Crippen LogP) is 24.3. The zero-order chi connectivity index (χ0) is 60.4. The van der Waals surface area contributed by atoms with Gasteiger partial charge in [0.2, 0.25) is 0 Å². The van der Waals surface area contributed by atoms with Gasteiger partial charge in [-0.1, -0.05) is 194 Å². The van der Waals surface area contributed by atoms with E-state index >= 15 is 0 Å². The Labute approximate surface area is 534 Å². The highest BCUT2D eigenvalue weighted by Gasteiger charge is 2.26. The van der Waals surface area contributed by atoms with Crippen LogP contribution in [0.25, 0.3) is 135 Å². The van der Waals surface area contributed by atoms with Gasteiger partial charge in [-0.15, -0.1) is 11.3 Å². The molecule has 15 aromatic carbocycles. The van der Waals surface area contributed by atoms with Crippen LogP contribution in [0.15, 0.2) is 334 Å². The smallest absolute Gasteiger partial charge is 0.0555 e. The van der Waals surface area contributed by atoms with Gasteiger partial charge in [0.1, 0.15) is 0 Å². The molecule has 0 saturated carbocycles. The summed E-state index contributed by atoms with van der Waals surface area (Å²) in [5.41, 5.74) is 18.9. The molecule has 0 saturated heterocycles. The second-order valence-electron chi connectivity index (χ2n) is 24.0. The Morgan fingerprint density at radius 3 is 1.18 bits per heavy atom. The van der Waals surface area contributed by atoms with Gasteiger partial charge in [0, 0.05) is 103 Å². The average molecular weight is 1190 g/mol. The van der Waals surface area contributed by atoms with Gasteiger partial charge in [-0.2, -0.15) is 0 Å². The molecule has 0 fully saturated rings. The summed E-state index contributed by atoms with van der Waals surface area (Å²) < 4.78 is 9.86. The molecule has 4 heterocycles. The van der Waals surface area contributed by atoms with Crippen molar-refractivity contribution in [3.8, 4) is 28.2 Å². The topological polar surface area (TPSA) is 21.3 Å². The Bertz CT molecular complexity index is 5880. The van der Waals surface area contributed by atoms with E-state index in [1.54, 1.807) is 0 Å². The second-order valence-corrected chi connectivity index (χ2v) is 25.1. The van der Waals surface area contributed by atoms with Gasteiger partial charge in [-0.05, 0) is 161 Å². The van der Waals surface area contributed by atoms with Crippen LogP contribution < -0.4 is 9.80 Å². The summed E-state index contributed by atoms with van der Waals surface area (Å²) in [6.07, 6.45) is 0. The van der Waals surface area contributed by atoms with Crippen LogP contribution in [0.2, 0.25) is 0 Å². The maximum atomic E-state index is 2.52. The van der Waals surface area contributed by atoms with E-state index in [1.807, 2.05) is 11.3 Å². The first-order valence-corrected chi connectivity index (χ1v) is 32.3. The van der Waals surface area contributed by atoms with Crippen LogP contribution in [0.4, 0.5) is 34.1 Å². The number of fused-ring (bicyclic) bond motifs is 15. The van der Waals surface area contributed by atoms with Gasteiger partial charge < -0.3 is 23.5 Å². The molecular weight excluding hydrogens is 1140 g/mol. The first-order chi connectivity index (χ1) is 45.6. The van der Waals surface area contributed by atoms with Gasteiger partial charge >= 0.3 is 0 Å². The van der Waals surface area contributed by atoms with Gasteiger partial charge in [0.25, 0.3) is 0 Å². The Morgan fingerprint density at radius 1 is 0.228 bits per heavy atom.